The van der Waals surface area contributed by atoms with Crippen LogP contribution in [0.15, 0.2) is 58.1 Å². The fourth-order valence-corrected chi connectivity index (χ4v) is 3.11. The number of benzene rings is 2. The Morgan fingerprint density at radius 2 is 1.92 bits per heavy atom. The van der Waals surface area contributed by atoms with E-state index in [9.17, 15) is 4.79 Å². The molecule has 122 valence electrons. The van der Waals surface area contributed by atoms with Crippen molar-refractivity contribution >= 4 is 39.0 Å². The number of para-hydroxylation sites is 1. The van der Waals surface area contributed by atoms with E-state index in [4.69, 9.17) is 0 Å². The van der Waals surface area contributed by atoms with E-state index in [2.05, 4.69) is 57.0 Å². The molecule has 0 radical (unpaired) electrons. The number of nitrogens with one attached hydrogen (secondary N) is 1. The van der Waals surface area contributed by atoms with Crippen LogP contribution in [0.25, 0.3) is 10.9 Å². The molecule has 4 nitrogen and oxygen atoms in total. The number of hydrogen-bond donors (Lipinski definition) is 1. The Labute approximate surface area is 149 Å². The summed E-state index contributed by atoms with van der Waals surface area (Å²) >= 11 is 3.35. The van der Waals surface area contributed by atoms with Crippen LogP contribution >= 0.6 is 15.9 Å². The van der Waals surface area contributed by atoms with E-state index in [1.165, 1.54) is 5.52 Å². The predicted molar refractivity (Wildman–Crippen MR) is 102 cm³/mol. The highest BCUT2D eigenvalue weighted by molar-refractivity contribution is 9.10. The van der Waals surface area contributed by atoms with Gasteiger partial charge in [-0.3, -0.25) is 4.79 Å². The molecule has 0 saturated heterocycles. The average Bonchev–Trinajstić information content (AvgIpc) is 2.87. The second-order valence-corrected chi connectivity index (χ2v) is 6.38. The van der Waals surface area contributed by atoms with E-state index in [1.54, 1.807) is 18.3 Å². The van der Waals surface area contributed by atoms with Crippen LogP contribution in [-0.4, -0.2) is 16.7 Å². The minimum Gasteiger partial charge on any atom is -0.344 e. The van der Waals surface area contributed by atoms with Crippen LogP contribution in [0.2, 0.25) is 0 Å². The van der Waals surface area contributed by atoms with Gasteiger partial charge in [-0.05, 0) is 44.2 Å². The zero-order valence-electron chi connectivity index (χ0n) is 13.6. The van der Waals surface area contributed by atoms with Crippen molar-refractivity contribution in [1.82, 2.24) is 9.99 Å². The van der Waals surface area contributed by atoms with Gasteiger partial charge < -0.3 is 4.57 Å². The van der Waals surface area contributed by atoms with Crippen molar-refractivity contribution in [3.63, 3.8) is 0 Å². The van der Waals surface area contributed by atoms with Crippen molar-refractivity contribution in [2.75, 3.05) is 0 Å². The quantitative estimate of drug-likeness (QED) is 0.523. The van der Waals surface area contributed by atoms with E-state index in [0.29, 0.717) is 5.56 Å². The van der Waals surface area contributed by atoms with Crippen LogP contribution in [0.4, 0.5) is 0 Å². The SMILES string of the molecule is CCn1c(C)c(/C=N\NC(=O)c2ccc(Br)cc2)c2ccccc21. The Balaban J connectivity index is 1.84. The van der Waals surface area contributed by atoms with Gasteiger partial charge in [0.25, 0.3) is 5.91 Å². The first-order chi connectivity index (χ1) is 11.6. The number of carbonyl (C=O) groups is 1. The van der Waals surface area contributed by atoms with Gasteiger partial charge in [-0.1, -0.05) is 34.1 Å². The number of aryl methyl sites for hydroxylation is 1. The maximum atomic E-state index is 12.1. The van der Waals surface area contributed by atoms with Crippen LogP contribution in [0.3, 0.4) is 0 Å². The summed E-state index contributed by atoms with van der Waals surface area (Å²) in [6, 6.07) is 15.4. The molecule has 3 rings (SSSR count). The molecule has 1 amide bonds. The molecule has 5 heteroatoms. The fourth-order valence-electron chi connectivity index (χ4n) is 2.85. The lowest BCUT2D eigenvalue weighted by atomic mass is 10.1. The van der Waals surface area contributed by atoms with Crippen LogP contribution in [0.1, 0.15) is 28.5 Å². The number of hydrazone groups is 1. The molecule has 0 aliphatic heterocycles. The van der Waals surface area contributed by atoms with E-state index in [0.717, 1.165) is 27.7 Å². The first kappa shape index (κ1) is 16.5. The predicted octanol–water partition coefficient (Wildman–Crippen LogP) is 4.50. The summed E-state index contributed by atoms with van der Waals surface area (Å²) in [6.07, 6.45) is 1.72. The van der Waals surface area contributed by atoms with Crippen LogP contribution in [0.5, 0.6) is 0 Å². The van der Waals surface area contributed by atoms with E-state index < -0.39 is 0 Å². The van der Waals surface area contributed by atoms with E-state index >= 15 is 0 Å². The van der Waals surface area contributed by atoms with Gasteiger partial charge in [-0.25, -0.2) is 5.43 Å². The van der Waals surface area contributed by atoms with Gasteiger partial charge >= 0.3 is 0 Å². The Bertz CT molecular complexity index is 910. The highest BCUT2D eigenvalue weighted by atomic mass is 79.9. The highest BCUT2D eigenvalue weighted by Gasteiger charge is 2.11. The molecule has 0 saturated carbocycles. The zero-order chi connectivity index (χ0) is 17.1. The molecule has 2 aromatic carbocycles. The Morgan fingerprint density at radius 3 is 2.62 bits per heavy atom. The third kappa shape index (κ3) is 3.12. The van der Waals surface area contributed by atoms with Gasteiger partial charge in [-0.15, -0.1) is 0 Å². The minimum atomic E-state index is -0.226. The van der Waals surface area contributed by atoms with Crippen molar-refractivity contribution in [3.8, 4) is 0 Å². The van der Waals surface area contributed by atoms with Gasteiger partial charge in [-0.2, -0.15) is 5.10 Å². The van der Waals surface area contributed by atoms with Crippen molar-refractivity contribution in [2.45, 2.75) is 20.4 Å². The molecule has 0 fully saturated rings. The molecular formula is C19H18BrN3O. The van der Waals surface area contributed by atoms with E-state index in [1.807, 2.05) is 24.3 Å². The third-order valence-electron chi connectivity index (χ3n) is 4.06. The summed E-state index contributed by atoms with van der Waals surface area (Å²) in [6.45, 7) is 5.09. The summed E-state index contributed by atoms with van der Waals surface area (Å²) in [4.78, 5) is 12.1. The highest BCUT2D eigenvalue weighted by Crippen LogP contribution is 2.24. The largest absolute Gasteiger partial charge is 0.344 e. The molecule has 1 heterocycles. The Kier molecular flexibility index (Phi) is 4.81. The standard InChI is InChI=1S/C19H18BrN3O/c1-3-23-13(2)17(16-6-4-5-7-18(16)23)12-21-22-19(24)14-8-10-15(20)11-9-14/h4-12H,3H2,1-2H3,(H,22,24)/b21-12-. The van der Waals surface area contributed by atoms with Crippen molar-refractivity contribution in [1.29, 1.82) is 0 Å². The van der Waals surface area contributed by atoms with Gasteiger partial charge in [0, 0.05) is 38.7 Å². The number of rotatable bonds is 4. The van der Waals surface area contributed by atoms with Crippen molar-refractivity contribution in [3.05, 3.63) is 69.8 Å². The molecule has 0 aliphatic carbocycles. The topological polar surface area (TPSA) is 46.4 Å². The first-order valence-corrected chi connectivity index (χ1v) is 8.58. The summed E-state index contributed by atoms with van der Waals surface area (Å²) in [5.41, 5.74) is 6.51. The lowest BCUT2D eigenvalue weighted by molar-refractivity contribution is 0.0955. The van der Waals surface area contributed by atoms with E-state index in [-0.39, 0.29) is 5.91 Å². The minimum absolute atomic E-state index is 0.226. The van der Waals surface area contributed by atoms with Gasteiger partial charge in [0.15, 0.2) is 0 Å². The molecule has 0 bridgehead atoms. The normalized spacial score (nSPS) is 11.3. The molecule has 0 spiro atoms. The van der Waals surface area contributed by atoms with Crippen molar-refractivity contribution in [2.24, 2.45) is 5.10 Å². The van der Waals surface area contributed by atoms with Gasteiger partial charge in [0.1, 0.15) is 0 Å². The number of nitrogens with zero attached hydrogens (tertiary/aromatic N) is 2. The molecule has 24 heavy (non-hydrogen) atoms. The lowest BCUT2D eigenvalue weighted by Crippen LogP contribution is -2.17. The number of hydrogen-bond acceptors (Lipinski definition) is 2. The van der Waals surface area contributed by atoms with Crippen LogP contribution < -0.4 is 5.43 Å². The summed E-state index contributed by atoms with van der Waals surface area (Å²) in [5.74, 6) is -0.226. The maximum Gasteiger partial charge on any atom is 0.271 e. The van der Waals surface area contributed by atoms with Crippen LogP contribution in [0, 0.1) is 6.92 Å². The third-order valence-corrected chi connectivity index (χ3v) is 4.59. The molecule has 1 N–H and O–H groups in total. The second-order valence-electron chi connectivity index (χ2n) is 5.47. The molecule has 1 aromatic heterocycles. The number of fused-ring (bicyclic) bond motifs is 1. The fraction of sp³-hybridized carbons (Fsp3) is 0.158. The molecule has 0 aliphatic rings. The number of amides is 1. The molecule has 0 atom stereocenters. The smallest absolute Gasteiger partial charge is 0.271 e. The Morgan fingerprint density at radius 1 is 1.21 bits per heavy atom. The summed E-state index contributed by atoms with van der Waals surface area (Å²) in [5, 5.41) is 5.29. The second kappa shape index (κ2) is 7.01. The van der Waals surface area contributed by atoms with Crippen molar-refractivity contribution < 1.29 is 4.79 Å². The molecular weight excluding hydrogens is 366 g/mol. The van der Waals surface area contributed by atoms with Gasteiger partial charge in [0.2, 0.25) is 0 Å². The first-order valence-electron chi connectivity index (χ1n) is 7.78. The Hall–Kier alpha value is -2.40. The summed E-state index contributed by atoms with van der Waals surface area (Å²) < 4.78 is 3.18. The van der Waals surface area contributed by atoms with Gasteiger partial charge in [0.05, 0.1) is 6.21 Å². The number of aromatic nitrogens is 1. The monoisotopic (exact) mass is 383 g/mol. The van der Waals surface area contributed by atoms with Crippen LogP contribution in [-0.2, 0) is 6.54 Å². The maximum absolute atomic E-state index is 12.1. The summed E-state index contributed by atoms with van der Waals surface area (Å²) in [7, 11) is 0. The molecule has 3 aromatic rings. The zero-order valence-corrected chi connectivity index (χ0v) is 15.2. The number of carbonyl (C=O) groups excluding carboxylic acids is 1. The average molecular weight is 384 g/mol. The number of halogens is 1. The lowest BCUT2D eigenvalue weighted by Gasteiger charge is -2.03. The molecule has 0 unspecified atom stereocenters.